The second-order valence-electron chi connectivity index (χ2n) is 6.17. The van der Waals surface area contributed by atoms with E-state index in [9.17, 15) is 9.90 Å². The van der Waals surface area contributed by atoms with Gasteiger partial charge in [-0.3, -0.25) is 4.79 Å². The standard InChI is InChI=1S/C18H21NO2S/c1-13(2)19-17(20)14(11-16-9-6-10-22-16)12-18(19,21)15-7-4-3-5-8-15/h3-10,13-14,21H,11-12H2,1-2H3. The van der Waals surface area contributed by atoms with Crippen LogP contribution in [0, 0.1) is 5.92 Å². The molecule has 3 nitrogen and oxygen atoms in total. The number of carbonyl (C=O) groups excluding carboxylic acids is 1. The molecule has 2 unspecified atom stereocenters. The van der Waals surface area contributed by atoms with Gasteiger partial charge in [-0.15, -0.1) is 11.3 Å². The van der Waals surface area contributed by atoms with Crippen molar-refractivity contribution in [3.05, 3.63) is 58.3 Å². The van der Waals surface area contributed by atoms with Gasteiger partial charge in [-0.05, 0) is 31.7 Å². The molecular formula is C18H21NO2S. The van der Waals surface area contributed by atoms with Crippen LogP contribution in [0.4, 0.5) is 0 Å². The van der Waals surface area contributed by atoms with Gasteiger partial charge in [0.25, 0.3) is 0 Å². The Morgan fingerprint density at radius 1 is 1.27 bits per heavy atom. The maximum absolute atomic E-state index is 12.8. The number of carbonyl (C=O) groups is 1. The van der Waals surface area contributed by atoms with Gasteiger partial charge < -0.3 is 10.0 Å². The smallest absolute Gasteiger partial charge is 0.228 e. The fourth-order valence-electron chi connectivity index (χ4n) is 3.38. The van der Waals surface area contributed by atoms with Gasteiger partial charge in [0.15, 0.2) is 5.72 Å². The summed E-state index contributed by atoms with van der Waals surface area (Å²) < 4.78 is 0. The summed E-state index contributed by atoms with van der Waals surface area (Å²) in [6, 6.07) is 13.6. The Balaban J connectivity index is 1.94. The molecule has 22 heavy (non-hydrogen) atoms. The molecule has 2 aromatic rings. The molecule has 1 aromatic carbocycles. The first-order chi connectivity index (χ1) is 10.5. The topological polar surface area (TPSA) is 40.5 Å². The average Bonchev–Trinajstić information content (AvgIpc) is 3.08. The number of thiophene rings is 1. The summed E-state index contributed by atoms with van der Waals surface area (Å²) >= 11 is 1.67. The van der Waals surface area contributed by atoms with Crippen LogP contribution in [0.25, 0.3) is 0 Å². The number of amides is 1. The number of hydrogen-bond donors (Lipinski definition) is 1. The first kappa shape index (κ1) is 15.3. The molecular weight excluding hydrogens is 294 g/mol. The first-order valence-corrected chi connectivity index (χ1v) is 8.54. The second-order valence-corrected chi connectivity index (χ2v) is 7.20. The van der Waals surface area contributed by atoms with Crippen LogP contribution in [0.5, 0.6) is 0 Å². The van der Waals surface area contributed by atoms with E-state index < -0.39 is 5.72 Å². The molecule has 0 aliphatic carbocycles. The van der Waals surface area contributed by atoms with E-state index >= 15 is 0 Å². The summed E-state index contributed by atoms with van der Waals surface area (Å²) in [7, 11) is 0. The summed E-state index contributed by atoms with van der Waals surface area (Å²) in [5, 5.41) is 13.3. The Labute approximate surface area is 135 Å². The summed E-state index contributed by atoms with van der Waals surface area (Å²) in [6.45, 7) is 3.92. The van der Waals surface area contributed by atoms with E-state index in [-0.39, 0.29) is 17.9 Å². The van der Waals surface area contributed by atoms with Crippen LogP contribution >= 0.6 is 11.3 Å². The molecule has 1 aliphatic heterocycles. The summed E-state index contributed by atoms with van der Waals surface area (Å²) in [5.74, 6) is -0.110. The van der Waals surface area contributed by atoms with Crippen molar-refractivity contribution in [2.75, 3.05) is 0 Å². The van der Waals surface area contributed by atoms with Crippen molar-refractivity contribution in [1.29, 1.82) is 0 Å². The molecule has 0 saturated carbocycles. The van der Waals surface area contributed by atoms with Crippen molar-refractivity contribution in [2.24, 2.45) is 5.92 Å². The van der Waals surface area contributed by atoms with Crippen LogP contribution in [0.3, 0.4) is 0 Å². The fraction of sp³-hybridized carbons (Fsp3) is 0.389. The van der Waals surface area contributed by atoms with Crippen molar-refractivity contribution in [3.8, 4) is 0 Å². The lowest BCUT2D eigenvalue weighted by Gasteiger charge is -2.37. The Morgan fingerprint density at radius 2 is 2.00 bits per heavy atom. The molecule has 2 heterocycles. The lowest BCUT2D eigenvalue weighted by molar-refractivity contribution is -0.153. The predicted octanol–water partition coefficient (Wildman–Crippen LogP) is 3.39. The van der Waals surface area contributed by atoms with E-state index in [4.69, 9.17) is 0 Å². The Hall–Kier alpha value is -1.65. The molecule has 1 fully saturated rings. The zero-order chi connectivity index (χ0) is 15.7. The maximum Gasteiger partial charge on any atom is 0.228 e. The van der Waals surface area contributed by atoms with Crippen molar-refractivity contribution in [1.82, 2.24) is 4.90 Å². The van der Waals surface area contributed by atoms with E-state index in [1.165, 1.54) is 4.88 Å². The second kappa shape index (κ2) is 5.86. The fourth-order valence-corrected chi connectivity index (χ4v) is 4.17. The Kier molecular flexibility index (Phi) is 4.06. The van der Waals surface area contributed by atoms with Gasteiger partial charge in [0.2, 0.25) is 5.91 Å². The summed E-state index contributed by atoms with van der Waals surface area (Å²) in [4.78, 5) is 15.7. The lowest BCUT2D eigenvalue weighted by atomic mass is 9.93. The van der Waals surface area contributed by atoms with Crippen LogP contribution in [0.2, 0.25) is 0 Å². The van der Waals surface area contributed by atoms with E-state index in [0.717, 1.165) is 5.56 Å². The molecule has 3 rings (SSSR count). The number of aliphatic hydroxyl groups is 1. The molecule has 4 heteroatoms. The number of hydrogen-bond acceptors (Lipinski definition) is 3. The molecule has 0 radical (unpaired) electrons. The molecule has 1 aromatic heterocycles. The van der Waals surface area contributed by atoms with Gasteiger partial charge in [-0.2, -0.15) is 0 Å². The molecule has 1 amide bonds. The van der Waals surface area contributed by atoms with Crippen molar-refractivity contribution in [2.45, 2.75) is 38.5 Å². The molecule has 0 bridgehead atoms. The quantitative estimate of drug-likeness (QED) is 0.939. The van der Waals surface area contributed by atoms with Gasteiger partial charge in [0.05, 0.1) is 0 Å². The van der Waals surface area contributed by atoms with Crippen LogP contribution in [-0.4, -0.2) is 22.0 Å². The number of rotatable bonds is 4. The third kappa shape index (κ3) is 2.57. The van der Waals surface area contributed by atoms with E-state index in [1.54, 1.807) is 16.2 Å². The zero-order valence-corrected chi connectivity index (χ0v) is 13.7. The Bertz CT molecular complexity index is 638. The van der Waals surface area contributed by atoms with Crippen LogP contribution in [0.1, 0.15) is 30.7 Å². The Morgan fingerprint density at radius 3 is 2.59 bits per heavy atom. The van der Waals surface area contributed by atoms with Crippen LogP contribution < -0.4 is 0 Å². The van der Waals surface area contributed by atoms with Crippen LogP contribution in [-0.2, 0) is 16.9 Å². The molecule has 1 N–H and O–H groups in total. The van der Waals surface area contributed by atoms with Gasteiger partial charge in [0.1, 0.15) is 0 Å². The minimum atomic E-state index is -1.20. The number of nitrogens with zero attached hydrogens (tertiary/aromatic N) is 1. The third-order valence-corrected chi connectivity index (χ3v) is 5.20. The monoisotopic (exact) mass is 315 g/mol. The molecule has 1 saturated heterocycles. The van der Waals surface area contributed by atoms with Gasteiger partial charge in [-0.25, -0.2) is 0 Å². The normalized spacial score (nSPS) is 25.2. The minimum absolute atomic E-state index is 0.0361. The summed E-state index contributed by atoms with van der Waals surface area (Å²) in [5.41, 5.74) is -0.403. The molecule has 0 spiro atoms. The molecule has 1 aliphatic rings. The SMILES string of the molecule is CC(C)N1C(=O)C(Cc2cccs2)CC1(O)c1ccccc1. The first-order valence-electron chi connectivity index (χ1n) is 7.66. The molecule has 116 valence electrons. The van der Waals surface area contributed by atoms with E-state index in [1.807, 2.05) is 55.6 Å². The maximum atomic E-state index is 12.8. The predicted molar refractivity (Wildman–Crippen MR) is 88.5 cm³/mol. The number of likely N-dealkylation sites (tertiary alicyclic amines) is 1. The largest absolute Gasteiger partial charge is 0.367 e. The van der Waals surface area contributed by atoms with E-state index in [0.29, 0.717) is 12.8 Å². The third-order valence-electron chi connectivity index (χ3n) is 4.30. The lowest BCUT2D eigenvalue weighted by Crippen LogP contribution is -2.47. The minimum Gasteiger partial charge on any atom is -0.367 e. The highest BCUT2D eigenvalue weighted by molar-refractivity contribution is 7.09. The van der Waals surface area contributed by atoms with Crippen LogP contribution in [0.15, 0.2) is 47.8 Å². The van der Waals surface area contributed by atoms with E-state index in [2.05, 4.69) is 6.07 Å². The van der Waals surface area contributed by atoms with Gasteiger partial charge in [-0.1, -0.05) is 36.4 Å². The highest BCUT2D eigenvalue weighted by Crippen LogP contribution is 2.43. The van der Waals surface area contributed by atoms with Crippen molar-refractivity contribution >= 4 is 17.2 Å². The highest BCUT2D eigenvalue weighted by atomic mass is 32.1. The summed E-state index contributed by atoms with van der Waals surface area (Å²) in [6.07, 6.45) is 1.15. The van der Waals surface area contributed by atoms with Gasteiger partial charge >= 0.3 is 0 Å². The average molecular weight is 315 g/mol. The van der Waals surface area contributed by atoms with Crippen molar-refractivity contribution < 1.29 is 9.90 Å². The highest BCUT2D eigenvalue weighted by Gasteiger charge is 2.51. The zero-order valence-electron chi connectivity index (χ0n) is 12.9. The van der Waals surface area contributed by atoms with Crippen molar-refractivity contribution in [3.63, 3.8) is 0 Å². The molecule has 2 atom stereocenters. The van der Waals surface area contributed by atoms with Gasteiger partial charge in [0, 0.05) is 28.8 Å². The number of benzene rings is 1.